The van der Waals surface area contributed by atoms with Crippen molar-refractivity contribution in [2.45, 2.75) is 51.7 Å². The third-order valence-corrected chi connectivity index (χ3v) is 7.01. The summed E-state index contributed by atoms with van der Waals surface area (Å²) >= 11 is 6.44. The first-order valence-electron chi connectivity index (χ1n) is 11.0. The molecule has 3 atom stereocenters. The molecule has 5 rings (SSSR count). The van der Waals surface area contributed by atoms with Crippen LogP contribution in [-0.2, 0) is 0 Å². The lowest BCUT2D eigenvalue weighted by atomic mass is 9.87. The quantitative estimate of drug-likeness (QED) is 0.554. The molecule has 0 saturated carbocycles. The second-order valence-electron chi connectivity index (χ2n) is 8.86. The molecule has 0 spiro atoms. The maximum absolute atomic E-state index is 13.0. The van der Waals surface area contributed by atoms with Gasteiger partial charge in [0, 0.05) is 29.8 Å². The van der Waals surface area contributed by atoms with E-state index in [4.69, 9.17) is 16.1 Å². The number of nitrogens with one attached hydrogen (secondary N) is 1. The van der Waals surface area contributed by atoms with Crippen LogP contribution in [0, 0.1) is 13.8 Å². The maximum atomic E-state index is 13.0. The fourth-order valence-corrected chi connectivity index (χ4v) is 5.53. The molecule has 1 amide bonds. The van der Waals surface area contributed by atoms with Crippen molar-refractivity contribution in [3.8, 4) is 0 Å². The lowest BCUT2D eigenvalue weighted by molar-refractivity contribution is 0.0921. The molecule has 3 aromatic rings. The number of hydrogen-bond acceptors (Lipinski definition) is 5. The number of amides is 1. The number of hydrogen-bond donors (Lipinski definition) is 1. The molecule has 166 valence electrons. The van der Waals surface area contributed by atoms with E-state index in [1.807, 2.05) is 6.07 Å². The summed E-state index contributed by atoms with van der Waals surface area (Å²) in [5.74, 6) is 0.435. The molecule has 1 aromatic heterocycles. The van der Waals surface area contributed by atoms with Gasteiger partial charge in [0.25, 0.3) is 5.91 Å². The van der Waals surface area contributed by atoms with Crippen molar-refractivity contribution in [2.75, 3.05) is 16.8 Å². The van der Waals surface area contributed by atoms with Crippen molar-refractivity contribution >= 4 is 34.6 Å². The molecular weight excluding hydrogens is 424 g/mol. The van der Waals surface area contributed by atoms with Gasteiger partial charge in [-0.1, -0.05) is 35.0 Å². The number of fused-ring (bicyclic) bond motifs is 5. The molecule has 3 heterocycles. The van der Waals surface area contributed by atoms with E-state index in [9.17, 15) is 4.79 Å². The normalized spacial score (nSPS) is 22.0. The first kappa shape index (κ1) is 20.9. The molecule has 0 bridgehead atoms. The Labute approximate surface area is 193 Å². The highest BCUT2D eigenvalue weighted by Gasteiger charge is 2.40. The standard InChI is InChI=1S/C25H27ClN4O2/c1-14-11-18(27-25(31)24-15(2)28-32-16(24)3)13-22-19-7-5-6-8-20(19)29(4)21-10-9-17(26)12-23(21)30(14)22/h5-10,12,14,18,22H,11,13H2,1-4H3,(H,27,31)/t14-,18+,22+/m0/s1. The third-order valence-electron chi connectivity index (χ3n) is 6.77. The van der Waals surface area contributed by atoms with Gasteiger partial charge in [0.05, 0.1) is 23.1 Å². The fourth-order valence-electron chi connectivity index (χ4n) is 5.37. The second kappa shape index (κ2) is 7.85. The zero-order valence-electron chi connectivity index (χ0n) is 18.7. The number of nitrogens with zero attached hydrogens (tertiary/aromatic N) is 3. The summed E-state index contributed by atoms with van der Waals surface area (Å²) in [6.45, 7) is 5.80. The molecular formula is C25H27ClN4O2. The van der Waals surface area contributed by atoms with E-state index < -0.39 is 0 Å². The molecule has 0 unspecified atom stereocenters. The Balaban J connectivity index is 1.54. The predicted molar refractivity (Wildman–Crippen MR) is 127 cm³/mol. The van der Waals surface area contributed by atoms with E-state index in [2.05, 4.69) is 70.6 Å². The van der Waals surface area contributed by atoms with Crippen LogP contribution < -0.4 is 15.1 Å². The van der Waals surface area contributed by atoms with E-state index in [-0.39, 0.29) is 24.0 Å². The Bertz CT molecular complexity index is 1170. The average molecular weight is 451 g/mol. The largest absolute Gasteiger partial charge is 0.361 e. The summed E-state index contributed by atoms with van der Waals surface area (Å²) in [5.41, 5.74) is 5.85. The Morgan fingerprint density at radius 2 is 1.91 bits per heavy atom. The molecule has 6 nitrogen and oxygen atoms in total. The average Bonchev–Trinajstić information content (AvgIpc) is 3.06. The van der Waals surface area contributed by atoms with Crippen molar-refractivity contribution in [1.82, 2.24) is 10.5 Å². The Kier molecular flexibility index (Phi) is 5.13. The minimum Gasteiger partial charge on any atom is -0.361 e. The molecule has 1 N–H and O–H groups in total. The van der Waals surface area contributed by atoms with Gasteiger partial charge in [0.2, 0.25) is 0 Å². The molecule has 1 fully saturated rings. The molecule has 1 saturated heterocycles. The summed E-state index contributed by atoms with van der Waals surface area (Å²) in [5, 5.41) is 7.92. The molecule has 2 aromatic carbocycles. The minimum atomic E-state index is -0.116. The van der Waals surface area contributed by atoms with Crippen LogP contribution in [0.3, 0.4) is 0 Å². The first-order valence-corrected chi connectivity index (χ1v) is 11.4. The number of para-hydroxylation sites is 1. The molecule has 0 radical (unpaired) electrons. The summed E-state index contributed by atoms with van der Waals surface area (Å²) in [7, 11) is 2.10. The summed E-state index contributed by atoms with van der Waals surface area (Å²) < 4.78 is 5.20. The zero-order valence-corrected chi connectivity index (χ0v) is 19.5. The van der Waals surface area contributed by atoms with Crippen LogP contribution in [0.4, 0.5) is 17.1 Å². The highest BCUT2D eigenvalue weighted by molar-refractivity contribution is 6.31. The molecule has 0 aliphatic carbocycles. The molecule has 32 heavy (non-hydrogen) atoms. The van der Waals surface area contributed by atoms with E-state index in [0.717, 1.165) is 29.2 Å². The minimum absolute atomic E-state index is 0.0338. The number of aromatic nitrogens is 1. The van der Waals surface area contributed by atoms with Crippen LogP contribution in [0.1, 0.15) is 53.2 Å². The van der Waals surface area contributed by atoms with Gasteiger partial charge in [0.15, 0.2) is 0 Å². The van der Waals surface area contributed by atoms with Crippen molar-refractivity contribution < 1.29 is 9.32 Å². The van der Waals surface area contributed by atoms with E-state index in [1.165, 1.54) is 11.3 Å². The summed E-state index contributed by atoms with van der Waals surface area (Å²) in [6, 6.07) is 15.0. The number of carbonyl (C=O) groups is 1. The van der Waals surface area contributed by atoms with Crippen LogP contribution in [0.25, 0.3) is 0 Å². The number of benzene rings is 2. The number of aryl methyl sites for hydroxylation is 2. The van der Waals surface area contributed by atoms with Crippen molar-refractivity contribution in [1.29, 1.82) is 0 Å². The van der Waals surface area contributed by atoms with Crippen molar-refractivity contribution in [3.05, 3.63) is 70.1 Å². The fraction of sp³-hybridized carbons (Fsp3) is 0.360. The Morgan fingerprint density at radius 1 is 1.12 bits per heavy atom. The second-order valence-corrected chi connectivity index (χ2v) is 9.30. The van der Waals surface area contributed by atoms with Gasteiger partial charge in [-0.3, -0.25) is 4.79 Å². The van der Waals surface area contributed by atoms with E-state index in [0.29, 0.717) is 17.0 Å². The van der Waals surface area contributed by atoms with Crippen LogP contribution in [-0.4, -0.2) is 30.2 Å². The molecule has 2 aliphatic heterocycles. The first-order chi connectivity index (χ1) is 15.3. The smallest absolute Gasteiger partial charge is 0.257 e. The van der Waals surface area contributed by atoms with Gasteiger partial charge in [-0.2, -0.15) is 0 Å². The number of halogens is 1. The number of carbonyl (C=O) groups excluding carboxylic acids is 1. The number of rotatable bonds is 2. The Hall–Kier alpha value is -2.99. The molecule has 7 heteroatoms. The lowest BCUT2D eigenvalue weighted by Crippen LogP contribution is -2.50. The maximum Gasteiger partial charge on any atom is 0.257 e. The molecule has 2 aliphatic rings. The van der Waals surface area contributed by atoms with Gasteiger partial charge >= 0.3 is 0 Å². The van der Waals surface area contributed by atoms with Gasteiger partial charge in [-0.25, -0.2) is 0 Å². The highest BCUT2D eigenvalue weighted by Crippen LogP contribution is 2.50. The van der Waals surface area contributed by atoms with Gasteiger partial charge < -0.3 is 19.6 Å². The Morgan fingerprint density at radius 3 is 2.66 bits per heavy atom. The van der Waals surface area contributed by atoms with Crippen LogP contribution in [0.15, 0.2) is 47.0 Å². The van der Waals surface area contributed by atoms with E-state index in [1.54, 1.807) is 13.8 Å². The predicted octanol–water partition coefficient (Wildman–Crippen LogP) is 5.55. The third kappa shape index (κ3) is 3.34. The summed E-state index contributed by atoms with van der Waals surface area (Å²) in [6.07, 6.45) is 1.64. The van der Waals surface area contributed by atoms with Crippen LogP contribution >= 0.6 is 11.6 Å². The van der Waals surface area contributed by atoms with E-state index >= 15 is 0 Å². The lowest BCUT2D eigenvalue weighted by Gasteiger charge is -2.45. The van der Waals surface area contributed by atoms with Crippen molar-refractivity contribution in [3.63, 3.8) is 0 Å². The van der Waals surface area contributed by atoms with Gasteiger partial charge in [-0.05, 0) is 63.4 Å². The highest BCUT2D eigenvalue weighted by atomic mass is 35.5. The van der Waals surface area contributed by atoms with Crippen molar-refractivity contribution in [2.24, 2.45) is 0 Å². The monoisotopic (exact) mass is 450 g/mol. The topological polar surface area (TPSA) is 61.6 Å². The number of anilines is 3. The van der Waals surface area contributed by atoms with Gasteiger partial charge in [0.1, 0.15) is 11.3 Å². The summed E-state index contributed by atoms with van der Waals surface area (Å²) in [4.78, 5) is 17.8. The zero-order chi connectivity index (χ0) is 22.6. The van der Waals surface area contributed by atoms with Gasteiger partial charge in [-0.15, -0.1) is 0 Å². The SMILES string of the molecule is Cc1noc(C)c1C(=O)N[C@H]1C[C@@H]2c3ccccc3N(C)c3ccc(Cl)cc3N2[C@@H](C)C1. The van der Waals surface area contributed by atoms with Crippen LogP contribution in [0.2, 0.25) is 5.02 Å². The number of piperidine rings is 1. The van der Waals surface area contributed by atoms with Crippen LogP contribution in [0.5, 0.6) is 0 Å².